The van der Waals surface area contributed by atoms with E-state index in [2.05, 4.69) is 34.0 Å². The number of nitrogen functional groups attached to an aromatic ring is 1. The number of carbonyl (C=O) groups excluding carboxylic acids is 1. The standard InChI is InChI=1S/C28H34N6O2/c1-19(27(35)30-16-28(2,3)17-33(4)5)34-15-23(24-25(29)31-18-32-26(24)34)20-11-13-22(14-12-20)36-21-9-7-6-8-10-21/h6-15,18-19H,16-17H2,1-5H3,(H,30,35)(H2,29,31,32). The molecule has 1 unspecified atom stereocenters. The van der Waals surface area contributed by atoms with E-state index in [1.165, 1.54) is 6.33 Å². The predicted octanol–water partition coefficient (Wildman–Crippen LogP) is 4.74. The highest BCUT2D eigenvalue weighted by Gasteiger charge is 2.25. The van der Waals surface area contributed by atoms with Crippen LogP contribution in [0.3, 0.4) is 0 Å². The normalized spacial score (nSPS) is 12.6. The van der Waals surface area contributed by atoms with Gasteiger partial charge in [0.1, 0.15) is 35.3 Å². The molecular weight excluding hydrogens is 452 g/mol. The number of para-hydroxylation sites is 1. The molecule has 0 saturated carbocycles. The molecule has 1 amide bonds. The number of nitrogens with zero attached hydrogens (tertiary/aromatic N) is 4. The summed E-state index contributed by atoms with van der Waals surface area (Å²) in [6.07, 6.45) is 3.36. The number of fused-ring (bicyclic) bond motifs is 1. The van der Waals surface area contributed by atoms with E-state index in [9.17, 15) is 4.79 Å². The highest BCUT2D eigenvalue weighted by molar-refractivity contribution is 6.01. The van der Waals surface area contributed by atoms with Crippen LogP contribution < -0.4 is 15.8 Å². The molecule has 188 valence electrons. The molecule has 0 aliphatic rings. The fourth-order valence-electron chi connectivity index (χ4n) is 4.46. The van der Waals surface area contributed by atoms with Crippen LogP contribution in [0.1, 0.15) is 26.8 Å². The summed E-state index contributed by atoms with van der Waals surface area (Å²) in [5.74, 6) is 1.80. The average molecular weight is 487 g/mol. The molecule has 4 rings (SSSR count). The van der Waals surface area contributed by atoms with E-state index in [-0.39, 0.29) is 11.3 Å². The maximum atomic E-state index is 13.1. The molecule has 0 spiro atoms. The quantitative estimate of drug-likeness (QED) is 0.355. The zero-order valence-corrected chi connectivity index (χ0v) is 21.5. The first-order valence-electron chi connectivity index (χ1n) is 12.0. The number of nitrogens with two attached hydrogens (primary N) is 1. The Hall–Kier alpha value is -3.91. The Labute approximate surface area is 212 Å². The van der Waals surface area contributed by atoms with Crippen LogP contribution in [0.4, 0.5) is 5.82 Å². The number of amides is 1. The first kappa shape index (κ1) is 25.2. The molecule has 8 nitrogen and oxygen atoms in total. The fourth-order valence-corrected chi connectivity index (χ4v) is 4.46. The van der Waals surface area contributed by atoms with Crippen LogP contribution in [0.15, 0.2) is 67.1 Å². The summed E-state index contributed by atoms with van der Waals surface area (Å²) in [5.41, 5.74) is 8.64. The Balaban J connectivity index is 1.60. The first-order valence-corrected chi connectivity index (χ1v) is 12.0. The molecule has 0 saturated heterocycles. The minimum Gasteiger partial charge on any atom is -0.457 e. The van der Waals surface area contributed by atoms with Gasteiger partial charge in [-0.25, -0.2) is 9.97 Å². The van der Waals surface area contributed by atoms with Gasteiger partial charge in [-0.05, 0) is 56.3 Å². The van der Waals surface area contributed by atoms with Crippen molar-refractivity contribution in [3.8, 4) is 22.6 Å². The van der Waals surface area contributed by atoms with Crippen molar-refractivity contribution in [1.82, 2.24) is 24.8 Å². The van der Waals surface area contributed by atoms with Crippen molar-refractivity contribution in [1.29, 1.82) is 0 Å². The SMILES string of the molecule is CC(C(=O)NCC(C)(C)CN(C)C)n1cc(-c2ccc(Oc3ccccc3)cc2)c2c(N)ncnc21. The monoisotopic (exact) mass is 486 g/mol. The van der Waals surface area contributed by atoms with E-state index in [4.69, 9.17) is 10.5 Å². The van der Waals surface area contributed by atoms with E-state index in [0.29, 0.717) is 18.0 Å². The maximum Gasteiger partial charge on any atom is 0.242 e. The van der Waals surface area contributed by atoms with Crippen LogP contribution in [-0.2, 0) is 4.79 Å². The summed E-state index contributed by atoms with van der Waals surface area (Å²) in [6.45, 7) is 7.58. The first-order chi connectivity index (χ1) is 17.1. The largest absolute Gasteiger partial charge is 0.457 e. The van der Waals surface area contributed by atoms with Gasteiger partial charge in [0.05, 0.1) is 5.39 Å². The van der Waals surface area contributed by atoms with Crippen LogP contribution >= 0.6 is 0 Å². The van der Waals surface area contributed by atoms with E-state index in [1.807, 2.05) is 86.4 Å². The van der Waals surface area contributed by atoms with E-state index in [0.717, 1.165) is 34.6 Å². The van der Waals surface area contributed by atoms with Crippen molar-refractivity contribution in [3.63, 3.8) is 0 Å². The van der Waals surface area contributed by atoms with Crippen molar-refractivity contribution in [2.24, 2.45) is 5.41 Å². The van der Waals surface area contributed by atoms with Gasteiger partial charge in [0, 0.05) is 24.8 Å². The Bertz CT molecular complexity index is 1330. The molecule has 8 heteroatoms. The van der Waals surface area contributed by atoms with Crippen LogP contribution in [0.25, 0.3) is 22.2 Å². The molecular formula is C28H34N6O2. The van der Waals surface area contributed by atoms with Gasteiger partial charge in [0.2, 0.25) is 5.91 Å². The molecule has 2 heterocycles. The zero-order valence-electron chi connectivity index (χ0n) is 21.5. The Morgan fingerprint density at radius 2 is 1.75 bits per heavy atom. The lowest BCUT2D eigenvalue weighted by Crippen LogP contribution is -2.41. The third-order valence-electron chi connectivity index (χ3n) is 6.07. The van der Waals surface area contributed by atoms with E-state index < -0.39 is 6.04 Å². The van der Waals surface area contributed by atoms with E-state index >= 15 is 0 Å². The van der Waals surface area contributed by atoms with Crippen molar-refractivity contribution in [2.75, 3.05) is 32.9 Å². The smallest absolute Gasteiger partial charge is 0.242 e. The zero-order chi connectivity index (χ0) is 25.9. The van der Waals surface area contributed by atoms with Gasteiger partial charge in [-0.3, -0.25) is 4.79 Å². The van der Waals surface area contributed by atoms with E-state index in [1.54, 1.807) is 0 Å². The van der Waals surface area contributed by atoms with Gasteiger partial charge in [-0.1, -0.05) is 44.2 Å². The Morgan fingerprint density at radius 3 is 2.42 bits per heavy atom. The lowest BCUT2D eigenvalue weighted by Gasteiger charge is -2.29. The molecule has 0 fully saturated rings. The number of carbonyl (C=O) groups is 1. The second-order valence-corrected chi connectivity index (χ2v) is 10.1. The number of hydrogen-bond donors (Lipinski definition) is 2. The number of aromatic nitrogens is 3. The summed E-state index contributed by atoms with van der Waals surface area (Å²) in [7, 11) is 4.06. The predicted molar refractivity (Wildman–Crippen MR) is 144 cm³/mol. The van der Waals surface area contributed by atoms with Gasteiger partial charge < -0.3 is 25.3 Å². The number of rotatable bonds is 9. The molecule has 0 radical (unpaired) electrons. The summed E-state index contributed by atoms with van der Waals surface area (Å²) in [5, 5.41) is 3.83. The van der Waals surface area contributed by atoms with Crippen molar-refractivity contribution < 1.29 is 9.53 Å². The second kappa shape index (κ2) is 10.4. The topological polar surface area (TPSA) is 98.3 Å². The van der Waals surface area contributed by atoms with Gasteiger partial charge in [0.15, 0.2) is 0 Å². The Kier molecular flexibility index (Phi) is 7.26. The Morgan fingerprint density at radius 1 is 1.08 bits per heavy atom. The molecule has 0 bridgehead atoms. The maximum absolute atomic E-state index is 13.1. The van der Waals surface area contributed by atoms with Gasteiger partial charge in [-0.2, -0.15) is 0 Å². The summed E-state index contributed by atoms with van der Waals surface area (Å²) >= 11 is 0. The molecule has 3 N–H and O–H groups in total. The molecule has 36 heavy (non-hydrogen) atoms. The lowest BCUT2D eigenvalue weighted by molar-refractivity contribution is -0.124. The fraction of sp³-hybridized carbons (Fsp3) is 0.321. The molecule has 0 aliphatic heterocycles. The second-order valence-electron chi connectivity index (χ2n) is 10.1. The summed E-state index contributed by atoms with van der Waals surface area (Å²) in [6, 6.07) is 16.9. The number of ether oxygens (including phenoxy) is 1. The molecule has 1 atom stereocenters. The lowest BCUT2D eigenvalue weighted by atomic mass is 9.93. The van der Waals surface area contributed by atoms with Gasteiger partial charge >= 0.3 is 0 Å². The number of hydrogen-bond acceptors (Lipinski definition) is 6. The van der Waals surface area contributed by atoms with Crippen molar-refractivity contribution >= 4 is 22.8 Å². The van der Waals surface area contributed by atoms with Crippen LogP contribution in [0.2, 0.25) is 0 Å². The molecule has 0 aliphatic carbocycles. The third kappa shape index (κ3) is 5.66. The van der Waals surface area contributed by atoms with Gasteiger partial charge in [-0.15, -0.1) is 0 Å². The van der Waals surface area contributed by atoms with Crippen molar-refractivity contribution in [2.45, 2.75) is 26.8 Å². The minimum atomic E-state index is -0.480. The number of benzene rings is 2. The number of nitrogens with one attached hydrogen (secondary N) is 1. The number of anilines is 1. The van der Waals surface area contributed by atoms with Gasteiger partial charge in [0.25, 0.3) is 0 Å². The minimum absolute atomic E-state index is 0.0566. The molecule has 2 aromatic heterocycles. The van der Waals surface area contributed by atoms with Crippen molar-refractivity contribution in [3.05, 3.63) is 67.1 Å². The third-order valence-corrected chi connectivity index (χ3v) is 6.07. The average Bonchev–Trinajstić information content (AvgIpc) is 3.23. The van der Waals surface area contributed by atoms with Crippen LogP contribution in [0, 0.1) is 5.41 Å². The van der Waals surface area contributed by atoms with Crippen LogP contribution in [0.5, 0.6) is 11.5 Å². The van der Waals surface area contributed by atoms with Crippen LogP contribution in [-0.4, -0.2) is 52.5 Å². The molecule has 4 aromatic rings. The summed E-state index contributed by atoms with van der Waals surface area (Å²) in [4.78, 5) is 23.9. The molecule has 2 aromatic carbocycles. The highest BCUT2D eigenvalue weighted by Crippen LogP contribution is 2.35. The highest BCUT2D eigenvalue weighted by atomic mass is 16.5. The summed E-state index contributed by atoms with van der Waals surface area (Å²) < 4.78 is 7.79.